The number of pyridine rings is 1. The Morgan fingerprint density at radius 2 is 1.56 bits per heavy atom. The predicted molar refractivity (Wildman–Crippen MR) is 140 cm³/mol. The molecule has 4 aromatic rings. The van der Waals surface area contributed by atoms with Crippen molar-refractivity contribution in [2.24, 2.45) is 0 Å². The molecule has 4 rings (SSSR count). The zero-order valence-corrected chi connectivity index (χ0v) is 20.3. The monoisotopic (exact) mass is 482 g/mol. The van der Waals surface area contributed by atoms with Gasteiger partial charge in [0.25, 0.3) is 5.56 Å². The molecule has 1 aromatic heterocycles. The molecular weight excluding hydrogens is 452 g/mol. The van der Waals surface area contributed by atoms with Crippen LogP contribution in [0.5, 0.6) is 5.75 Å². The Bertz CT molecular complexity index is 1300. The minimum atomic E-state index is -1.01. The smallest absolute Gasteiger partial charge is 0.341 e. The molecule has 0 fully saturated rings. The number of aliphatic carboxylic acids is 1. The maximum atomic E-state index is 12.7. The normalized spacial score (nSPS) is 11.1. The average Bonchev–Trinajstić information content (AvgIpc) is 2.89. The van der Waals surface area contributed by atoms with Crippen molar-refractivity contribution in [1.82, 2.24) is 9.47 Å². The maximum Gasteiger partial charge on any atom is 0.341 e. The fraction of sp³-hybridized carbons (Fsp3) is 0.200. The number of ether oxygens (including phenoxy) is 1. The van der Waals surface area contributed by atoms with Gasteiger partial charge in [-0.15, -0.1) is 0 Å². The van der Waals surface area contributed by atoms with Crippen LogP contribution in [-0.4, -0.2) is 40.7 Å². The van der Waals surface area contributed by atoms with Gasteiger partial charge in [-0.2, -0.15) is 0 Å². The van der Waals surface area contributed by atoms with E-state index in [9.17, 15) is 9.59 Å². The number of benzene rings is 3. The number of hydrogen-bond acceptors (Lipinski definition) is 4. The highest BCUT2D eigenvalue weighted by Crippen LogP contribution is 2.31. The second kappa shape index (κ2) is 12.0. The van der Waals surface area contributed by atoms with E-state index in [1.54, 1.807) is 16.7 Å². The molecule has 0 saturated heterocycles. The van der Waals surface area contributed by atoms with E-state index in [-0.39, 0.29) is 18.1 Å². The fourth-order valence-corrected chi connectivity index (χ4v) is 4.31. The molecule has 0 unspecified atom stereocenters. The first-order valence-corrected chi connectivity index (χ1v) is 11.9. The maximum absolute atomic E-state index is 12.7. The molecule has 0 bridgehead atoms. The lowest BCUT2D eigenvalue weighted by Crippen LogP contribution is -2.28. The van der Waals surface area contributed by atoms with Gasteiger partial charge < -0.3 is 19.3 Å². The number of aromatic nitrogens is 1. The molecule has 0 saturated carbocycles. The van der Waals surface area contributed by atoms with Gasteiger partial charge in [0.15, 0.2) is 6.61 Å². The Labute approximate surface area is 211 Å². The number of rotatable bonds is 11. The summed E-state index contributed by atoms with van der Waals surface area (Å²) < 4.78 is 7.05. The van der Waals surface area contributed by atoms with Crippen molar-refractivity contribution in [3.8, 4) is 5.75 Å². The number of likely N-dealkylation sites (N-methyl/N-ethyl adjacent to an activating group) is 1. The van der Waals surface area contributed by atoms with E-state index in [1.807, 2.05) is 73.9 Å². The average molecular weight is 483 g/mol. The summed E-state index contributed by atoms with van der Waals surface area (Å²) in [7, 11) is 2.00. The summed E-state index contributed by atoms with van der Waals surface area (Å²) in [6.07, 6.45) is 1.97. The molecule has 0 atom stereocenters. The van der Waals surface area contributed by atoms with Crippen LogP contribution in [-0.2, 0) is 17.9 Å². The largest absolute Gasteiger partial charge is 0.482 e. The number of carboxylic acids is 1. The van der Waals surface area contributed by atoms with E-state index >= 15 is 0 Å². The SMILES string of the molecule is CN(CCn1cc(C(c2ccccc2)c2ccccc2)ccc1=O)Cc1cccc(OCC(=O)O)c1. The zero-order valence-electron chi connectivity index (χ0n) is 20.3. The third-order valence-corrected chi connectivity index (χ3v) is 6.04. The number of carbonyl (C=O) groups is 1. The fourth-order valence-electron chi connectivity index (χ4n) is 4.31. The number of carboxylic acid groups (broad SMARTS) is 1. The Balaban J connectivity index is 1.48. The third kappa shape index (κ3) is 6.71. The van der Waals surface area contributed by atoms with E-state index < -0.39 is 5.97 Å². The molecule has 0 aliphatic carbocycles. The summed E-state index contributed by atoms with van der Waals surface area (Å²) in [6, 6.07) is 31.6. The van der Waals surface area contributed by atoms with Gasteiger partial charge in [0.05, 0.1) is 0 Å². The van der Waals surface area contributed by atoms with Crippen molar-refractivity contribution in [3.05, 3.63) is 136 Å². The standard InChI is InChI=1S/C30H30N2O4/c1-31(20-23-9-8-14-27(19-23)36-22-29(34)35)17-18-32-21-26(15-16-28(32)33)30(24-10-4-2-5-11-24)25-12-6-3-7-13-25/h2-16,19,21,30H,17-18,20,22H2,1H3,(H,34,35). The molecule has 6 heteroatoms. The first kappa shape index (κ1) is 24.9. The second-order valence-corrected chi connectivity index (χ2v) is 8.82. The summed E-state index contributed by atoms with van der Waals surface area (Å²) in [5.74, 6) is -0.447. The molecule has 1 heterocycles. The molecule has 0 amide bonds. The van der Waals surface area contributed by atoms with Crippen molar-refractivity contribution >= 4 is 5.97 Å². The molecule has 0 aliphatic heterocycles. The van der Waals surface area contributed by atoms with Crippen LogP contribution in [0.2, 0.25) is 0 Å². The molecule has 3 aromatic carbocycles. The number of nitrogens with zero attached hydrogens (tertiary/aromatic N) is 2. The topological polar surface area (TPSA) is 71.8 Å². The van der Waals surface area contributed by atoms with Gasteiger partial charge in [0.1, 0.15) is 5.75 Å². The summed E-state index contributed by atoms with van der Waals surface area (Å²) >= 11 is 0. The Kier molecular flexibility index (Phi) is 8.32. The summed E-state index contributed by atoms with van der Waals surface area (Å²) in [5.41, 5.74) is 4.40. The minimum absolute atomic E-state index is 0.0314. The highest BCUT2D eigenvalue weighted by molar-refractivity contribution is 5.68. The van der Waals surface area contributed by atoms with Gasteiger partial charge in [-0.05, 0) is 41.4 Å². The lowest BCUT2D eigenvalue weighted by atomic mass is 9.86. The highest BCUT2D eigenvalue weighted by Gasteiger charge is 2.17. The molecule has 1 N–H and O–H groups in total. The molecule has 0 radical (unpaired) electrons. The van der Waals surface area contributed by atoms with Crippen LogP contribution in [0.15, 0.2) is 108 Å². The van der Waals surface area contributed by atoms with Crippen LogP contribution >= 0.6 is 0 Å². The van der Waals surface area contributed by atoms with Crippen LogP contribution in [0.1, 0.15) is 28.2 Å². The van der Waals surface area contributed by atoms with Gasteiger partial charge in [0.2, 0.25) is 0 Å². The minimum Gasteiger partial charge on any atom is -0.482 e. The molecule has 36 heavy (non-hydrogen) atoms. The lowest BCUT2D eigenvalue weighted by Gasteiger charge is -2.21. The van der Waals surface area contributed by atoms with Crippen molar-refractivity contribution in [2.45, 2.75) is 19.0 Å². The first-order chi connectivity index (χ1) is 17.5. The highest BCUT2D eigenvalue weighted by atomic mass is 16.5. The van der Waals surface area contributed by atoms with Crippen LogP contribution in [0, 0.1) is 0 Å². The first-order valence-electron chi connectivity index (χ1n) is 11.9. The van der Waals surface area contributed by atoms with Crippen molar-refractivity contribution < 1.29 is 14.6 Å². The van der Waals surface area contributed by atoms with Crippen LogP contribution in [0.25, 0.3) is 0 Å². The zero-order chi connectivity index (χ0) is 25.3. The summed E-state index contributed by atoms with van der Waals surface area (Å²) in [6.45, 7) is 1.50. The third-order valence-electron chi connectivity index (χ3n) is 6.04. The van der Waals surface area contributed by atoms with Gasteiger partial charge in [-0.3, -0.25) is 4.79 Å². The summed E-state index contributed by atoms with van der Waals surface area (Å²) in [5, 5.41) is 8.81. The van der Waals surface area contributed by atoms with E-state index in [0.717, 1.165) is 11.1 Å². The van der Waals surface area contributed by atoms with Crippen LogP contribution in [0.4, 0.5) is 0 Å². The van der Waals surface area contributed by atoms with Gasteiger partial charge in [-0.1, -0.05) is 78.9 Å². The molecule has 184 valence electrons. The van der Waals surface area contributed by atoms with Gasteiger partial charge in [-0.25, -0.2) is 4.79 Å². The van der Waals surface area contributed by atoms with Crippen LogP contribution in [0.3, 0.4) is 0 Å². The molecule has 6 nitrogen and oxygen atoms in total. The van der Waals surface area contributed by atoms with E-state index in [4.69, 9.17) is 9.84 Å². The quantitative estimate of drug-likeness (QED) is 0.338. The molecular formula is C30H30N2O4. The second-order valence-electron chi connectivity index (χ2n) is 8.82. The molecule has 0 aliphatic rings. The predicted octanol–water partition coefficient (Wildman–Crippen LogP) is 4.62. The Morgan fingerprint density at radius 3 is 2.19 bits per heavy atom. The lowest BCUT2D eigenvalue weighted by molar-refractivity contribution is -0.139. The van der Waals surface area contributed by atoms with Crippen molar-refractivity contribution in [2.75, 3.05) is 20.2 Å². The number of hydrogen-bond donors (Lipinski definition) is 1. The van der Waals surface area contributed by atoms with Crippen LogP contribution < -0.4 is 10.3 Å². The van der Waals surface area contributed by atoms with Gasteiger partial charge >= 0.3 is 5.97 Å². The summed E-state index contributed by atoms with van der Waals surface area (Å²) in [4.78, 5) is 25.6. The van der Waals surface area contributed by atoms with Crippen molar-refractivity contribution in [3.63, 3.8) is 0 Å². The Morgan fingerprint density at radius 1 is 0.889 bits per heavy atom. The van der Waals surface area contributed by atoms with E-state index in [1.165, 1.54) is 11.1 Å². The van der Waals surface area contributed by atoms with Crippen molar-refractivity contribution in [1.29, 1.82) is 0 Å². The van der Waals surface area contributed by atoms with Gasteiger partial charge in [0, 0.05) is 37.8 Å². The van der Waals surface area contributed by atoms with E-state index in [2.05, 4.69) is 29.2 Å². The van der Waals surface area contributed by atoms with E-state index in [0.29, 0.717) is 25.4 Å². The Hall–Kier alpha value is -4.16. The molecule has 0 spiro atoms.